The lowest BCUT2D eigenvalue weighted by Crippen LogP contribution is -2.26. The smallest absolute Gasteiger partial charge is 0.258 e. The molecule has 2 aromatic rings. The number of nitrogens with two attached hydrogens (primary N) is 1. The standard InChI is InChI=1S/C12H18N8/c1-8-2-4-9(5-3-8)16-11-17-10(13)18-12(19-11)20-7-14-6-15-20/h6-9H,2-5H2,1H3,(H3,13,16,17,18,19). The molecule has 0 aliphatic heterocycles. The van der Waals surface area contributed by atoms with E-state index in [1.807, 2.05) is 0 Å². The SMILES string of the molecule is CC1CCC(Nc2nc(N)nc(-n3cncn3)n2)CC1. The molecule has 1 aliphatic carbocycles. The van der Waals surface area contributed by atoms with Crippen molar-refractivity contribution in [2.24, 2.45) is 5.92 Å². The van der Waals surface area contributed by atoms with Crippen LogP contribution in [0.15, 0.2) is 12.7 Å². The van der Waals surface area contributed by atoms with E-state index in [2.05, 4.69) is 37.3 Å². The normalized spacial score (nSPS) is 22.6. The fourth-order valence-electron chi connectivity index (χ4n) is 2.45. The highest BCUT2D eigenvalue weighted by Gasteiger charge is 2.19. The van der Waals surface area contributed by atoms with Crippen molar-refractivity contribution in [3.63, 3.8) is 0 Å². The van der Waals surface area contributed by atoms with Gasteiger partial charge in [0.25, 0.3) is 5.95 Å². The minimum absolute atomic E-state index is 0.178. The first-order valence-electron chi connectivity index (χ1n) is 6.84. The van der Waals surface area contributed by atoms with E-state index in [0.29, 0.717) is 17.9 Å². The molecule has 0 unspecified atom stereocenters. The van der Waals surface area contributed by atoms with Crippen LogP contribution in [-0.2, 0) is 0 Å². The summed E-state index contributed by atoms with van der Waals surface area (Å²) >= 11 is 0. The molecule has 2 heterocycles. The van der Waals surface area contributed by atoms with Gasteiger partial charge in [-0.3, -0.25) is 0 Å². The monoisotopic (exact) mass is 274 g/mol. The molecule has 0 amide bonds. The van der Waals surface area contributed by atoms with E-state index in [-0.39, 0.29) is 5.95 Å². The van der Waals surface area contributed by atoms with Crippen LogP contribution in [-0.4, -0.2) is 35.8 Å². The summed E-state index contributed by atoms with van der Waals surface area (Å²) in [4.78, 5) is 16.4. The Morgan fingerprint density at radius 1 is 1.20 bits per heavy atom. The maximum atomic E-state index is 5.73. The molecule has 0 aromatic carbocycles. The first-order chi connectivity index (χ1) is 9.70. The fraction of sp³-hybridized carbons (Fsp3) is 0.583. The Kier molecular flexibility index (Phi) is 3.44. The second-order valence-corrected chi connectivity index (χ2v) is 5.26. The summed E-state index contributed by atoms with van der Waals surface area (Å²) in [5, 5.41) is 7.34. The number of nitrogens with zero attached hydrogens (tertiary/aromatic N) is 6. The molecule has 0 bridgehead atoms. The van der Waals surface area contributed by atoms with Crippen molar-refractivity contribution in [2.75, 3.05) is 11.1 Å². The topological polar surface area (TPSA) is 107 Å². The van der Waals surface area contributed by atoms with Gasteiger partial charge in [0, 0.05) is 6.04 Å². The number of nitrogen functional groups attached to an aromatic ring is 1. The van der Waals surface area contributed by atoms with Crippen molar-refractivity contribution >= 4 is 11.9 Å². The van der Waals surface area contributed by atoms with Gasteiger partial charge in [0.05, 0.1) is 0 Å². The Balaban J connectivity index is 1.76. The van der Waals surface area contributed by atoms with Crippen LogP contribution in [0.3, 0.4) is 0 Å². The van der Waals surface area contributed by atoms with Crippen LogP contribution in [0.4, 0.5) is 11.9 Å². The highest BCUT2D eigenvalue weighted by Crippen LogP contribution is 2.25. The summed E-state index contributed by atoms with van der Waals surface area (Å²) in [6.45, 7) is 2.29. The highest BCUT2D eigenvalue weighted by molar-refractivity contribution is 5.35. The van der Waals surface area contributed by atoms with Crippen LogP contribution >= 0.6 is 0 Å². The highest BCUT2D eigenvalue weighted by atomic mass is 15.4. The van der Waals surface area contributed by atoms with Gasteiger partial charge in [-0.15, -0.1) is 0 Å². The van der Waals surface area contributed by atoms with Gasteiger partial charge < -0.3 is 11.1 Å². The van der Waals surface area contributed by atoms with Crippen molar-refractivity contribution in [2.45, 2.75) is 38.6 Å². The Bertz CT molecular complexity index is 559. The van der Waals surface area contributed by atoms with Gasteiger partial charge in [-0.1, -0.05) is 6.92 Å². The third kappa shape index (κ3) is 2.84. The van der Waals surface area contributed by atoms with Gasteiger partial charge in [-0.2, -0.15) is 24.7 Å². The molecule has 1 saturated carbocycles. The van der Waals surface area contributed by atoms with E-state index in [1.54, 1.807) is 0 Å². The van der Waals surface area contributed by atoms with E-state index in [9.17, 15) is 0 Å². The molecule has 1 fully saturated rings. The van der Waals surface area contributed by atoms with Gasteiger partial charge >= 0.3 is 0 Å². The summed E-state index contributed by atoms with van der Waals surface area (Å²) in [5.74, 6) is 1.86. The van der Waals surface area contributed by atoms with Gasteiger partial charge in [0.2, 0.25) is 11.9 Å². The molecule has 2 aromatic heterocycles. The average Bonchev–Trinajstić information content (AvgIpc) is 2.95. The first kappa shape index (κ1) is 12.8. The van der Waals surface area contributed by atoms with E-state index in [0.717, 1.165) is 18.8 Å². The van der Waals surface area contributed by atoms with E-state index >= 15 is 0 Å². The lowest BCUT2D eigenvalue weighted by molar-refractivity contribution is 0.360. The molecule has 1 aliphatic rings. The van der Waals surface area contributed by atoms with Crippen molar-refractivity contribution in [1.29, 1.82) is 0 Å². The third-order valence-electron chi connectivity index (χ3n) is 3.61. The van der Waals surface area contributed by atoms with Gasteiger partial charge in [-0.25, -0.2) is 4.98 Å². The van der Waals surface area contributed by atoms with Crippen molar-refractivity contribution in [3.05, 3.63) is 12.7 Å². The zero-order chi connectivity index (χ0) is 13.9. The Morgan fingerprint density at radius 2 is 2.00 bits per heavy atom. The molecule has 0 spiro atoms. The summed E-state index contributed by atoms with van der Waals surface area (Å²) in [7, 11) is 0. The van der Waals surface area contributed by atoms with E-state index in [4.69, 9.17) is 5.73 Å². The molecule has 8 heteroatoms. The number of rotatable bonds is 3. The molecular formula is C12H18N8. The molecule has 3 rings (SSSR count). The molecule has 0 saturated heterocycles. The van der Waals surface area contributed by atoms with Gasteiger partial charge in [-0.05, 0) is 31.6 Å². The van der Waals surface area contributed by atoms with Crippen molar-refractivity contribution < 1.29 is 0 Å². The Labute approximate surface area is 116 Å². The summed E-state index contributed by atoms with van der Waals surface area (Å²) in [6.07, 6.45) is 7.68. The van der Waals surface area contributed by atoms with Crippen LogP contribution in [0.25, 0.3) is 5.95 Å². The second-order valence-electron chi connectivity index (χ2n) is 5.26. The molecule has 0 radical (unpaired) electrons. The zero-order valence-corrected chi connectivity index (χ0v) is 11.4. The lowest BCUT2D eigenvalue weighted by Gasteiger charge is -2.26. The molecule has 0 atom stereocenters. The molecule has 106 valence electrons. The molecule has 8 nitrogen and oxygen atoms in total. The van der Waals surface area contributed by atoms with Crippen LogP contribution in [0.2, 0.25) is 0 Å². The predicted octanol–water partition coefficient (Wildman–Crippen LogP) is 1.03. The number of aromatic nitrogens is 6. The Morgan fingerprint density at radius 3 is 2.70 bits per heavy atom. The summed E-state index contributed by atoms with van der Waals surface area (Å²) in [6, 6.07) is 0.400. The lowest BCUT2D eigenvalue weighted by atomic mass is 9.87. The Hall–Kier alpha value is -2.25. The second kappa shape index (κ2) is 5.40. The number of nitrogens with one attached hydrogen (secondary N) is 1. The molecule has 3 N–H and O–H groups in total. The van der Waals surface area contributed by atoms with Crippen molar-refractivity contribution in [1.82, 2.24) is 29.7 Å². The molecule has 20 heavy (non-hydrogen) atoms. The maximum absolute atomic E-state index is 5.73. The maximum Gasteiger partial charge on any atom is 0.258 e. The minimum Gasteiger partial charge on any atom is -0.368 e. The predicted molar refractivity (Wildman–Crippen MR) is 74.2 cm³/mol. The number of hydrogen-bond donors (Lipinski definition) is 2. The van der Waals surface area contributed by atoms with Crippen LogP contribution < -0.4 is 11.1 Å². The fourth-order valence-corrected chi connectivity index (χ4v) is 2.45. The van der Waals surface area contributed by atoms with Crippen LogP contribution in [0.1, 0.15) is 32.6 Å². The molecular weight excluding hydrogens is 256 g/mol. The average molecular weight is 274 g/mol. The van der Waals surface area contributed by atoms with E-state index in [1.165, 1.54) is 30.2 Å². The quantitative estimate of drug-likeness (QED) is 0.860. The first-order valence-corrected chi connectivity index (χ1v) is 6.84. The summed E-state index contributed by atoms with van der Waals surface area (Å²) in [5.41, 5.74) is 5.73. The minimum atomic E-state index is 0.178. The van der Waals surface area contributed by atoms with Gasteiger partial charge in [0.1, 0.15) is 12.7 Å². The third-order valence-corrected chi connectivity index (χ3v) is 3.61. The number of hydrogen-bond acceptors (Lipinski definition) is 7. The van der Waals surface area contributed by atoms with E-state index < -0.39 is 0 Å². The zero-order valence-electron chi connectivity index (χ0n) is 11.4. The van der Waals surface area contributed by atoms with Gasteiger partial charge in [0.15, 0.2) is 0 Å². The van der Waals surface area contributed by atoms with Crippen LogP contribution in [0.5, 0.6) is 0 Å². The van der Waals surface area contributed by atoms with Crippen LogP contribution in [0, 0.1) is 5.92 Å². The largest absolute Gasteiger partial charge is 0.368 e. The summed E-state index contributed by atoms with van der Waals surface area (Å²) < 4.78 is 1.46. The van der Waals surface area contributed by atoms with Crippen molar-refractivity contribution in [3.8, 4) is 5.95 Å². The number of anilines is 2.